The van der Waals surface area contributed by atoms with Crippen LogP contribution in [0.2, 0.25) is 0 Å². The van der Waals surface area contributed by atoms with E-state index in [1.165, 1.54) is 13.2 Å². The number of nitro groups is 1. The van der Waals surface area contributed by atoms with Crippen LogP contribution in [-0.2, 0) is 5.41 Å². The number of ether oxygens (including phenoxy) is 1. The van der Waals surface area contributed by atoms with E-state index in [-0.39, 0.29) is 11.4 Å². The molecule has 0 bridgehead atoms. The van der Waals surface area contributed by atoms with Gasteiger partial charge < -0.3 is 4.74 Å². The van der Waals surface area contributed by atoms with Crippen molar-refractivity contribution >= 4 is 5.69 Å². The van der Waals surface area contributed by atoms with Crippen LogP contribution >= 0.6 is 0 Å². The standard InChI is InChI=1S/C21H19NO3/c1-21(16-9-5-3-6-10-16,17-11-7-4-8-12-17)18-13-14-19(22(23)24)20(15-18)25-2/h3-15H,1-2H3. The van der Waals surface area contributed by atoms with Gasteiger partial charge in [0.25, 0.3) is 0 Å². The molecule has 0 aliphatic heterocycles. The largest absolute Gasteiger partial charge is 0.490 e. The van der Waals surface area contributed by atoms with Crippen LogP contribution in [0.5, 0.6) is 5.75 Å². The first-order valence-electron chi connectivity index (χ1n) is 8.01. The summed E-state index contributed by atoms with van der Waals surface area (Å²) in [5.41, 5.74) is 2.67. The molecular weight excluding hydrogens is 314 g/mol. The van der Waals surface area contributed by atoms with Crippen LogP contribution in [0.25, 0.3) is 0 Å². The molecule has 0 aromatic heterocycles. The highest BCUT2D eigenvalue weighted by Crippen LogP contribution is 2.41. The molecule has 0 radical (unpaired) electrons. The number of methoxy groups -OCH3 is 1. The van der Waals surface area contributed by atoms with Crippen molar-refractivity contribution in [2.75, 3.05) is 7.11 Å². The van der Waals surface area contributed by atoms with E-state index in [0.717, 1.165) is 16.7 Å². The first kappa shape index (κ1) is 16.7. The zero-order chi connectivity index (χ0) is 17.9. The summed E-state index contributed by atoms with van der Waals surface area (Å²) in [4.78, 5) is 10.8. The fraction of sp³-hybridized carbons (Fsp3) is 0.143. The maximum absolute atomic E-state index is 11.2. The minimum atomic E-state index is -0.453. The predicted molar refractivity (Wildman–Crippen MR) is 98.1 cm³/mol. The molecule has 0 amide bonds. The Morgan fingerprint density at radius 3 is 1.80 bits per heavy atom. The topological polar surface area (TPSA) is 52.4 Å². The van der Waals surface area contributed by atoms with Gasteiger partial charge in [0, 0.05) is 11.5 Å². The number of rotatable bonds is 5. The molecule has 0 N–H and O–H groups in total. The summed E-state index contributed by atoms with van der Waals surface area (Å²) in [6.07, 6.45) is 0. The first-order valence-corrected chi connectivity index (χ1v) is 8.01. The Labute approximate surface area is 146 Å². The van der Waals surface area contributed by atoms with Crippen LogP contribution in [0.3, 0.4) is 0 Å². The molecule has 3 aromatic carbocycles. The molecule has 0 aliphatic carbocycles. The number of nitro benzene ring substituents is 1. The third-order valence-electron chi connectivity index (χ3n) is 4.66. The van der Waals surface area contributed by atoms with Crippen LogP contribution in [0.15, 0.2) is 78.9 Å². The van der Waals surface area contributed by atoms with Gasteiger partial charge in [0.05, 0.1) is 12.0 Å². The van der Waals surface area contributed by atoms with Crippen molar-refractivity contribution < 1.29 is 9.66 Å². The van der Waals surface area contributed by atoms with Gasteiger partial charge in [-0.3, -0.25) is 10.1 Å². The van der Waals surface area contributed by atoms with Gasteiger partial charge in [-0.05, 0) is 29.7 Å². The molecular formula is C21H19NO3. The molecule has 3 rings (SSSR count). The maximum Gasteiger partial charge on any atom is 0.310 e. The second-order valence-corrected chi connectivity index (χ2v) is 6.00. The first-order chi connectivity index (χ1) is 12.1. The normalized spacial score (nSPS) is 11.1. The zero-order valence-corrected chi connectivity index (χ0v) is 14.2. The number of benzene rings is 3. The number of hydrogen-bond donors (Lipinski definition) is 0. The highest BCUT2D eigenvalue weighted by Gasteiger charge is 2.32. The van der Waals surface area contributed by atoms with Gasteiger partial charge in [-0.1, -0.05) is 66.7 Å². The highest BCUT2D eigenvalue weighted by molar-refractivity contribution is 5.56. The summed E-state index contributed by atoms with van der Waals surface area (Å²) >= 11 is 0. The zero-order valence-electron chi connectivity index (χ0n) is 14.2. The second kappa shape index (κ2) is 6.77. The molecule has 0 spiro atoms. The third kappa shape index (κ3) is 2.98. The summed E-state index contributed by atoms with van der Waals surface area (Å²) in [5.74, 6) is 0.264. The smallest absolute Gasteiger partial charge is 0.310 e. The van der Waals surface area contributed by atoms with Gasteiger partial charge in [0.2, 0.25) is 0 Å². The highest BCUT2D eigenvalue weighted by atomic mass is 16.6. The van der Waals surface area contributed by atoms with E-state index >= 15 is 0 Å². The summed E-state index contributed by atoms with van der Waals surface area (Å²) < 4.78 is 5.27. The molecule has 0 heterocycles. The number of nitrogens with zero attached hydrogens (tertiary/aromatic N) is 1. The molecule has 0 unspecified atom stereocenters. The Balaban J connectivity index is 2.25. The van der Waals surface area contributed by atoms with Crippen LogP contribution in [0, 0.1) is 10.1 Å². The van der Waals surface area contributed by atoms with Gasteiger partial charge in [-0.2, -0.15) is 0 Å². The lowest BCUT2D eigenvalue weighted by Gasteiger charge is -2.32. The summed E-state index contributed by atoms with van der Waals surface area (Å²) in [6, 6.07) is 25.3. The Kier molecular flexibility index (Phi) is 4.52. The molecule has 126 valence electrons. The molecule has 0 atom stereocenters. The lowest BCUT2D eigenvalue weighted by molar-refractivity contribution is -0.385. The third-order valence-corrected chi connectivity index (χ3v) is 4.66. The van der Waals surface area contributed by atoms with Crippen LogP contribution in [0.4, 0.5) is 5.69 Å². The Morgan fingerprint density at radius 2 is 1.36 bits per heavy atom. The van der Waals surface area contributed by atoms with Crippen molar-refractivity contribution in [1.82, 2.24) is 0 Å². The van der Waals surface area contributed by atoms with Gasteiger partial charge in [0.1, 0.15) is 0 Å². The molecule has 0 saturated heterocycles. The number of hydrogen-bond acceptors (Lipinski definition) is 3. The van der Waals surface area contributed by atoms with E-state index in [9.17, 15) is 10.1 Å². The molecule has 0 fully saturated rings. The van der Waals surface area contributed by atoms with Crippen molar-refractivity contribution in [3.8, 4) is 5.75 Å². The Morgan fingerprint density at radius 1 is 0.840 bits per heavy atom. The molecule has 4 heteroatoms. The molecule has 0 aliphatic rings. The van der Waals surface area contributed by atoms with E-state index in [2.05, 4.69) is 31.2 Å². The van der Waals surface area contributed by atoms with E-state index < -0.39 is 10.3 Å². The quantitative estimate of drug-likeness (QED) is 0.377. The van der Waals surface area contributed by atoms with Crippen molar-refractivity contribution in [3.63, 3.8) is 0 Å². The van der Waals surface area contributed by atoms with E-state index in [1.807, 2.05) is 36.4 Å². The average molecular weight is 333 g/mol. The molecule has 0 saturated carbocycles. The second-order valence-electron chi connectivity index (χ2n) is 6.00. The van der Waals surface area contributed by atoms with Crippen LogP contribution in [0.1, 0.15) is 23.6 Å². The summed E-state index contributed by atoms with van der Waals surface area (Å²) in [7, 11) is 1.45. The average Bonchev–Trinajstić information content (AvgIpc) is 2.68. The van der Waals surface area contributed by atoms with Crippen LogP contribution in [-0.4, -0.2) is 12.0 Å². The minimum absolute atomic E-state index is 0.0327. The van der Waals surface area contributed by atoms with Crippen molar-refractivity contribution in [2.45, 2.75) is 12.3 Å². The Hall–Kier alpha value is -3.14. The lowest BCUT2D eigenvalue weighted by Crippen LogP contribution is -2.25. The summed E-state index contributed by atoms with van der Waals surface area (Å²) in [6.45, 7) is 2.12. The SMILES string of the molecule is COc1cc(C(C)(c2ccccc2)c2ccccc2)ccc1[N+](=O)[O-]. The van der Waals surface area contributed by atoms with Gasteiger partial charge in [-0.15, -0.1) is 0 Å². The van der Waals surface area contributed by atoms with E-state index in [4.69, 9.17) is 4.74 Å². The monoisotopic (exact) mass is 333 g/mol. The fourth-order valence-corrected chi connectivity index (χ4v) is 3.18. The van der Waals surface area contributed by atoms with Crippen molar-refractivity contribution in [1.29, 1.82) is 0 Å². The van der Waals surface area contributed by atoms with Crippen LogP contribution < -0.4 is 4.74 Å². The van der Waals surface area contributed by atoms with Gasteiger partial charge in [-0.25, -0.2) is 0 Å². The minimum Gasteiger partial charge on any atom is -0.490 e. The maximum atomic E-state index is 11.2. The predicted octanol–water partition coefficient (Wildman–Crippen LogP) is 4.96. The van der Waals surface area contributed by atoms with E-state index in [0.29, 0.717) is 0 Å². The summed E-state index contributed by atoms with van der Waals surface area (Å²) in [5, 5.41) is 11.2. The molecule has 3 aromatic rings. The molecule has 4 nitrogen and oxygen atoms in total. The Bertz CT molecular complexity index is 837. The van der Waals surface area contributed by atoms with Gasteiger partial charge >= 0.3 is 5.69 Å². The molecule has 25 heavy (non-hydrogen) atoms. The van der Waals surface area contributed by atoms with Crippen molar-refractivity contribution in [2.24, 2.45) is 0 Å². The fourth-order valence-electron chi connectivity index (χ4n) is 3.18. The van der Waals surface area contributed by atoms with Gasteiger partial charge in [0.15, 0.2) is 5.75 Å². The van der Waals surface area contributed by atoms with E-state index in [1.54, 1.807) is 12.1 Å². The lowest BCUT2D eigenvalue weighted by atomic mass is 9.71. The van der Waals surface area contributed by atoms with Crippen molar-refractivity contribution in [3.05, 3.63) is 106 Å².